The Balaban J connectivity index is 2.79. The molecule has 0 heterocycles. The van der Waals surface area contributed by atoms with Gasteiger partial charge in [0.2, 0.25) is 5.91 Å². The highest BCUT2D eigenvalue weighted by Crippen LogP contribution is 2.16. The maximum Gasteiger partial charge on any atom is 0.231 e. The molecule has 16 heavy (non-hydrogen) atoms. The molecule has 1 atom stereocenters. The molecule has 1 rings (SSSR count). The Morgan fingerprint density at radius 1 is 1.38 bits per heavy atom. The Morgan fingerprint density at radius 2 is 2.00 bits per heavy atom. The highest BCUT2D eigenvalue weighted by Gasteiger charge is 2.21. The summed E-state index contributed by atoms with van der Waals surface area (Å²) in [7, 11) is 1.83. The van der Waals surface area contributed by atoms with Crippen LogP contribution < -0.4 is 5.73 Å². The molecule has 0 fully saturated rings. The zero-order valence-electron chi connectivity index (χ0n) is 10.0. The van der Waals surface area contributed by atoms with E-state index in [0.717, 1.165) is 18.5 Å². The molecule has 1 unspecified atom stereocenters. The Hall–Kier alpha value is -1.35. The first-order valence-electron chi connectivity index (χ1n) is 5.70. The van der Waals surface area contributed by atoms with Gasteiger partial charge in [0, 0.05) is 20.1 Å². The third-order valence-electron chi connectivity index (χ3n) is 2.67. The molecular weight excluding hydrogens is 200 g/mol. The molecule has 0 radical (unpaired) electrons. The Kier molecular flexibility index (Phi) is 4.99. The second kappa shape index (κ2) is 6.28. The SMILES string of the molecule is CCCN(C)C(=O)C(CN)c1ccccc1. The Bertz CT molecular complexity index is 324. The summed E-state index contributed by atoms with van der Waals surface area (Å²) in [5, 5.41) is 0. The van der Waals surface area contributed by atoms with Crippen molar-refractivity contribution in [1.82, 2.24) is 4.90 Å². The van der Waals surface area contributed by atoms with E-state index in [-0.39, 0.29) is 11.8 Å². The number of likely N-dealkylation sites (N-methyl/N-ethyl adjacent to an activating group) is 1. The average Bonchev–Trinajstić information content (AvgIpc) is 2.31. The Labute approximate surface area is 97.2 Å². The van der Waals surface area contributed by atoms with E-state index in [1.165, 1.54) is 0 Å². The molecule has 0 bridgehead atoms. The van der Waals surface area contributed by atoms with E-state index in [1.807, 2.05) is 37.4 Å². The van der Waals surface area contributed by atoms with Crippen LogP contribution in [0.25, 0.3) is 0 Å². The van der Waals surface area contributed by atoms with Crippen molar-refractivity contribution in [2.45, 2.75) is 19.3 Å². The summed E-state index contributed by atoms with van der Waals surface area (Å²) in [4.78, 5) is 13.9. The van der Waals surface area contributed by atoms with Gasteiger partial charge in [-0.3, -0.25) is 4.79 Å². The summed E-state index contributed by atoms with van der Waals surface area (Å²) in [6, 6.07) is 9.72. The number of carbonyl (C=O) groups excluding carboxylic acids is 1. The predicted molar refractivity (Wildman–Crippen MR) is 66.2 cm³/mol. The van der Waals surface area contributed by atoms with Crippen LogP contribution in [0, 0.1) is 0 Å². The van der Waals surface area contributed by atoms with Gasteiger partial charge in [-0.2, -0.15) is 0 Å². The normalized spacial score (nSPS) is 12.2. The lowest BCUT2D eigenvalue weighted by Gasteiger charge is -2.22. The first kappa shape index (κ1) is 12.7. The number of nitrogens with two attached hydrogens (primary N) is 1. The lowest BCUT2D eigenvalue weighted by molar-refractivity contribution is -0.131. The van der Waals surface area contributed by atoms with Crippen molar-refractivity contribution >= 4 is 5.91 Å². The second-order valence-corrected chi connectivity index (χ2v) is 3.96. The van der Waals surface area contributed by atoms with Crippen molar-refractivity contribution in [2.75, 3.05) is 20.1 Å². The smallest absolute Gasteiger partial charge is 0.231 e. The van der Waals surface area contributed by atoms with Gasteiger partial charge in [0.25, 0.3) is 0 Å². The van der Waals surface area contributed by atoms with Gasteiger partial charge in [-0.15, -0.1) is 0 Å². The lowest BCUT2D eigenvalue weighted by Crippen LogP contribution is -2.35. The van der Waals surface area contributed by atoms with Gasteiger partial charge in [0.1, 0.15) is 0 Å². The minimum Gasteiger partial charge on any atom is -0.345 e. The number of hydrogen-bond donors (Lipinski definition) is 1. The molecule has 1 aromatic rings. The highest BCUT2D eigenvalue weighted by atomic mass is 16.2. The van der Waals surface area contributed by atoms with Gasteiger partial charge < -0.3 is 10.6 Å². The van der Waals surface area contributed by atoms with Gasteiger partial charge in [-0.25, -0.2) is 0 Å². The molecule has 1 aromatic carbocycles. The number of benzene rings is 1. The van der Waals surface area contributed by atoms with Crippen molar-refractivity contribution in [1.29, 1.82) is 0 Å². The molecule has 3 heteroatoms. The van der Waals surface area contributed by atoms with Gasteiger partial charge in [-0.1, -0.05) is 37.3 Å². The summed E-state index contributed by atoms with van der Waals surface area (Å²) >= 11 is 0. The largest absolute Gasteiger partial charge is 0.345 e. The number of nitrogens with zero attached hydrogens (tertiary/aromatic N) is 1. The van der Waals surface area contributed by atoms with Gasteiger partial charge in [0.05, 0.1) is 5.92 Å². The van der Waals surface area contributed by atoms with Gasteiger partial charge >= 0.3 is 0 Å². The molecule has 0 spiro atoms. The molecular formula is C13H20N2O. The van der Waals surface area contributed by atoms with E-state index in [0.29, 0.717) is 6.54 Å². The summed E-state index contributed by atoms with van der Waals surface area (Å²) in [5.41, 5.74) is 6.69. The van der Waals surface area contributed by atoms with Crippen LogP contribution >= 0.6 is 0 Å². The quantitative estimate of drug-likeness (QED) is 0.819. The maximum absolute atomic E-state index is 12.1. The monoisotopic (exact) mass is 220 g/mol. The molecule has 0 aliphatic heterocycles. The Morgan fingerprint density at radius 3 is 2.50 bits per heavy atom. The fraction of sp³-hybridized carbons (Fsp3) is 0.462. The lowest BCUT2D eigenvalue weighted by atomic mass is 9.98. The first-order chi connectivity index (χ1) is 7.70. The van der Waals surface area contributed by atoms with Crippen molar-refractivity contribution < 1.29 is 4.79 Å². The number of carbonyl (C=O) groups is 1. The summed E-state index contributed by atoms with van der Waals surface area (Å²) in [6.07, 6.45) is 0.967. The van der Waals surface area contributed by atoms with Crippen molar-refractivity contribution in [2.24, 2.45) is 5.73 Å². The van der Waals surface area contributed by atoms with E-state index in [1.54, 1.807) is 4.90 Å². The third-order valence-corrected chi connectivity index (χ3v) is 2.67. The molecule has 0 aliphatic carbocycles. The molecule has 88 valence electrons. The number of hydrogen-bond acceptors (Lipinski definition) is 2. The molecule has 0 saturated heterocycles. The van der Waals surface area contributed by atoms with E-state index in [2.05, 4.69) is 6.92 Å². The van der Waals surface area contributed by atoms with Crippen LogP contribution in [0.3, 0.4) is 0 Å². The van der Waals surface area contributed by atoms with Crippen LogP contribution in [0.15, 0.2) is 30.3 Å². The molecule has 1 amide bonds. The van der Waals surface area contributed by atoms with Crippen LogP contribution in [0.1, 0.15) is 24.8 Å². The van der Waals surface area contributed by atoms with E-state index >= 15 is 0 Å². The summed E-state index contributed by atoms with van der Waals surface area (Å²) in [6.45, 7) is 3.20. The number of amides is 1. The number of rotatable bonds is 5. The van der Waals surface area contributed by atoms with E-state index in [4.69, 9.17) is 5.73 Å². The molecule has 2 N–H and O–H groups in total. The fourth-order valence-electron chi connectivity index (χ4n) is 1.78. The maximum atomic E-state index is 12.1. The first-order valence-corrected chi connectivity index (χ1v) is 5.70. The zero-order chi connectivity index (χ0) is 12.0. The van der Waals surface area contributed by atoms with E-state index in [9.17, 15) is 4.79 Å². The minimum absolute atomic E-state index is 0.107. The summed E-state index contributed by atoms with van der Waals surface area (Å²) < 4.78 is 0. The van der Waals surface area contributed by atoms with E-state index < -0.39 is 0 Å². The van der Waals surface area contributed by atoms with Crippen LogP contribution in [-0.2, 0) is 4.79 Å². The van der Waals surface area contributed by atoms with Crippen LogP contribution in [0.2, 0.25) is 0 Å². The topological polar surface area (TPSA) is 46.3 Å². The predicted octanol–water partition coefficient (Wildman–Crippen LogP) is 1.60. The van der Waals surface area contributed by atoms with Crippen molar-refractivity contribution in [3.63, 3.8) is 0 Å². The second-order valence-electron chi connectivity index (χ2n) is 3.96. The van der Waals surface area contributed by atoms with Crippen LogP contribution in [0.5, 0.6) is 0 Å². The van der Waals surface area contributed by atoms with Crippen molar-refractivity contribution in [3.8, 4) is 0 Å². The third kappa shape index (κ3) is 3.07. The molecule has 3 nitrogen and oxygen atoms in total. The molecule has 0 aromatic heterocycles. The van der Waals surface area contributed by atoms with Gasteiger partial charge in [-0.05, 0) is 12.0 Å². The van der Waals surface area contributed by atoms with Crippen LogP contribution in [0.4, 0.5) is 0 Å². The minimum atomic E-state index is -0.210. The van der Waals surface area contributed by atoms with Crippen molar-refractivity contribution in [3.05, 3.63) is 35.9 Å². The fourth-order valence-corrected chi connectivity index (χ4v) is 1.78. The summed E-state index contributed by atoms with van der Waals surface area (Å²) in [5.74, 6) is -0.103. The molecule has 0 saturated carbocycles. The zero-order valence-corrected chi connectivity index (χ0v) is 10.0. The molecule has 0 aliphatic rings. The average molecular weight is 220 g/mol. The van der Waals surface area contributed by atoms with Crippen LogP contribution in [-0.4, -0.2) is 30.9 Å². The highest BCUT2D eigenvalue weighted by molar-refractivity contribution is 5.83. The van der Waals surface area contributed by atoms with Gasteiger partial charge in [0.15, 0.2) is 0 Å². The standard InChI is InChI=1S/C13H20N2O/c1-3-9-15(2)13(16)12(10-14)11-7-5-4-6-8-11/h4-8,12H,3,9-10,14H2,1-2H3.